The molecule has 1 saturated carbocycles. The number of unbranched alkanes of at least 4 members (excludes halogenated alkanes) is 2. The van der Waals surface area contributed by atoms with Crippen LogP contribution >= 0.6 is 0 Å². The molecule has 1 fully saturated rings. The van der Waals surface area contributed by atoms with Crippen molar-refractivity contribution in [2.24, 2.45) is 5.92 Å². The van der Waals surface area contributed by atoms with Crippen molar-refractivity contribution < 1.29 is 9.47 Å². The van der Waals surface area contributed by atoms with E-state index in [2.05, 4.69) is 26.0 Å². The van der Waals surface area contributed by atoms with Crippen molar-refractivity contribution in [1.29, 1.82) is 0 Å². The Labute approximate surface area is 142 Å². The maximum Gasteiger partial charge on any atom is 0.123 e. The zero-order valence-electron chi connectivity index (χ0n) is 15.3. The monoisotopic (exact) mass is 318 g/mol. The van der Waals surface area contributed by atoms with Crippen LogP contribution in [0.5, 0.6) is 11.5 Å². The molecule has 0 radical (unpaired) electrons. The van der Waals surface area contributed by atoms with Crippen LogP contribution in [0.2, 0.25) is 0 Å². The van der Waals surface area contributed by atoms with Crippen molar-refractivity contribution >= 4 is 0 Å². The molecule has 1 aromatic rings. The SMILES string of the molecule is CCCCCC1CCC(c2cc(OC)ccc2OCCC)CC1. The summed E-state index contributed by atoms with van der Waals surface area (Å²) in [6, 6.07) is 6.31. The van der Waals surface area contributed by atoms with E-state index in [1.807, 2.05) is 6.07 Å². The summed E-state index contributed by atoms with van der Waals surface area (Å²) >= 11 is 0. The van der Waals surface area contributed by atoms with E-state index in [0.717, 1.165) is 30.4 Å². The van der Waals surface area contributed by atoms with E-state index >= 15 is 0 Å². The van der Waals surface area contributed by atoms with E-state index < -0.39 is 0 Å². The molecular formula is C21H34O2. The van der Waals surface area contributed by atoms with Gasteiger partial charge in [0.05, 0.1) is 13.7 Å². The van der Waals surface area contributed by atoms with Gasteiger partial charge in [0, 0.05) is 5.56 Å². The second-order valence-corrected chi connectivity index (χ2v) is 6.97. The predicted octanol–water partition coefficient (Wildman–Crippen LogP) is 6.34. The van der Waals surface area contributed by atoms with Crippen LogP contribution < -0.4 is 9.47 Å². The molecule has 0 bridgehead atoms. The Hall–Kier alpha value is -1.18. The average Bonchev–Trinajstić information content (AvgIpc) is 2.60. The van der Waals surface area contributed by atoms with Gasteiger partial charge >= 0.3 is 0 Å². The van der Waals surface area contributed by atoms with Crippen LogP contribution in [0.4, 0.5) is 0 Å². The van der Waals surface area contributed by atoms with Gasteiger partial charge in [-0.1, -0.05) is 39.5 Å². The highest BCUT2D eigenvalue weighted by atomic mass is 16.5. The van der Waals surface area contributed by atoms with Crippen molar-refractivity contribution in [1.82, 2.24) is 0 Å². The molecule has 1 aliphatic carbocycles. The fraction of sp³-hybridized carbons (Fsp3) is 0.714. The summed E-state index contributed by atoms with van der Waals surface area (Å²) in [7, 11) is 1.75. The topological polar surface area (TPSA) is 18.5 Å². The molecule has 0 spiro atoms. The lowest BCUT2D eigenvalue weighted by molar-refractivity contribution is 0.283. The molecule has 2 heteroatoms. The fourth-order valence-electron chi connectivity index (χ4n) is 3.76. The van der Waals surface area contributed by atoms with Gasteiger partial charge in [0.2, 0.25) is 0 Å². The van der Waals surface area contributed by atoms with Gasteiger partial charge in [-0.2, -0.15) is 0 Å². The summed E-state index contributed by atoms with van der Waals surface area (Å²) in [5, 5.41) is 0. The first-order chi connectivity index (χ1) is 11.3. The van der Waals surface area contributed by atoms with Gasteiger partial charge < -0.3 is 9.47 Å². The molecule has 1 aromatic carbocycles. The number of ether oxygens (including phenoxy) is 2. The zero-order valence-corrected chi connectivity index (χ0v) is 15.3. The van der Waals surface area contributed by atoms with Crippen LogP contribution in [-0.4, -0.2) is 13.7 Å². The Morgan fingerprint density at radius 2 is 1.78 bits per heavy atom. The van der Waals surface area contributed by atoms with Crippen molar-refractivity contribution in [2.45, 2.75) is 77.6 Å². The lowest BCUT2D eigenvalue weighted by atomic mass is 9.76. The van der Waals surface area contributed by atoms with Gasteiger partial charge in [0.25, 0.3) is 0 Å². The highest BCUT2D eigenvalue weighted by Crippen LogP contribution is 2.42. The minimum atomic E-state index is 0.638. The molecule has 130 valence electrons. The summed E-state index contributed by atoms with van der Waals surface area (Å²) in [6.07, 6.45) is 12.0. The summed E-state index contributed by atoms with van der Waals surface area (Å²) in [5.41, 5.74) is 1.37. The first-order valence-corrected chi connectivity index (χ1v) is 9.59. The Bertz CT molecular complexity index is 447. The number of hydrogen-bond acceptors (Lipinski definition) is 2. The molecule has 0 atom stereocenters. The Morgan fingerprint density at radius 1 is 1.00 bits per heavy atom. The number of rotatable bonds is 9. The van der Waals surface area contributed by atoms with E-state index in [9.17, 15) is 0 Å². The number of hydrogen-bond donors (Lipinski definition) is 0. The van der Waals surface area contributed by atoms with Gasteiger partial charge in [-0.3, -0.25) is 0 Å². The zero-order chi connectivity index (χ0) is 16.5. The van der Waals surface area contributed by atoms with Gasteiger partial charge in [-0.05, 0) is 62.1 Å². The lowest BCUT2D eigenvalue weighted by Crippen LogP contribution is -2.14. The first-order valence-electron chi connectivity index (χ1n) is 9.59. The molecule has 0 N–H and O–H groups in total. The van der Waals surface area contributed by atoms with Crippen LogP contribution in [0.15, 0.2) is 18.2 Å². The Balaban J connectivity index is 1.97. The Kier molecular flexibility index (Phi) is 7.78. The van der Waals surface area contributed by atoms with Crippen molar-refractivity contribution in [3.05, 3.63) is 23.8 Å². The predicted molar refractivity (Wildman–Crippen MR) is 97.6 cm³/mol. The third-order valence-corrected chi connectivity index (χ3v) is 5.18. The van der Waals surface area contributed by atoms with E-state index in [0.29, 0.717) is 5.92 Å². The second-order valence-electron chi connectivity index (χ2n) is 6.97. The summed E-state index contributed by atoms with van der Waals surface area (Å²) in [4.78, 5) is 0. The van der Waals surface area contributed by atoms with Crippen molar-refractivity contribution in [3.63, 3.8) is 0 Å². The van der Waals surface area contributed by atoms with Gasteiger partial charge in [0.15, 0.2) is 0 Å². The lowest BCUT2D eigenvalue weighted by Gasteiger charge is -2.30. The van der Waals surface area contributed by atoms with E-state index in [4.69, 9.17) is 9.47 Å². The highest BCUT2D eigenvalue weighted by Gasteiger charge is 2.24. The molecular weight excluding hydrogens is 284 g/mol. The fourth-order valence-corrected chi connectivity index (χ4v) is 3.76. The van der Waals surface area contributed by atoms with E-state index in [1.165, 1.54) is 56.9 Å². The molecule has 0 unspecified atom stereocenters. The molecule has 23 heavy (non-hydrogen) atoms. The van der Waals surface area contributed by atoms with Gasteiger partial charge in [-0.15, -0.1) is 0 Å². The summed E-state index contributed by atoms with van der Waals surface area (Å²) in [5.74, 6) is 3.61. The third kappa shape index (κ3) is 5.44. The normalized spacial score (nSPS) is 21.2. The highest BCUT2D eigenvalue weighted by molar-refractivity contribution is 5.42. The maximum atomic E-state index is 5.99. The standard InChI is InChI=1S/C21H34O2/c1-4-6-7-8-17-9-11-18(12-10-17)20-16-19(22-3)13-14-21(20)23-15-5-2/h13-14,16-18H,4-12,15H2,1-3H3. The third-order valence-electron chi connectivity index (χ3n) is 5.18. The van der Waals surface area contributed by atoms with Crippen LogP contribution in [0, 0.1) is 5.92 Å². The number of benzene rings is 1. The van der Waals surface area contributed by atoms with Crippen LogP contribution in [-0.2, 0) is 0 Å². The molecule has 0 aromatic heterocycles. The molecule has 1 aliphatic rings. The second kappa shape index (κ2) is 9.85. The first kappa shape index (κ1) is 18.2. The van der Waals surface area contributed by atoms with Gasteiger partial charge in [0.1, 0.15) is 11.5 Å². The molecule has 0 saturated heterocycles. The largest absolute Gasteiger partial charge is 0.497 e. The van der Waals surface area contributed by atoms with Crippen molar-refractivity contribution in [3.8, 4) is 11.5 Å². The van der Waals surface area contributed by atoms with Crippen LogP contribution in [0.3, 0.4) is 0 Å². The van der Waals surface area contributed by atoms with Gasteiger partial charge in [-0.25, -0.2) is 0 Å². The quantitative estimate of drug-likeness (QED) is 0.495. The average molecular weight is 319 g/mol. The molecule has 2 rings (SSSR count). The van der Waals surface area contributed by atoms with E-state index in [1.54, 1.807) is 7.11 Å². The summed E-state index contributed by atoms with van der Waals surface area (Å²) < 4.78 is 11.4. The molecule has 2 nitrogen and oxygen atoms in total. The maximum absolute atomic E-state index is 5.99. The Morgan fingerprint density at radius 3 is 2.43 bits per heavy atom. The summed E-state index contributed by atoms with van der Waals surface area (Å²) in [6.45, 7) is 5.24. The smallest absolute Gasteiger partial charge is 0.123 e. The molecule has 0 heterocycles. The van der Waals surface area contributed by atoms with Crippen molar-refractivity contribution in [2.75, 3.05) is 13.7 Å². The molecule has 0 aliphatic heterocycles. The van der Waals surface area contributed by atoms with Crippen LogP contribution in [0.1, 0.15) is 83.1 Å². The minimum absolute atomic E-state index is 0.638. The molecule has 0 amide bonds. The number of methoxy groups -OCH3 is 1. The minimum Gasteiger partial charge on any atom is -0.497 e. The van der Waals surface area contributed by atoms with Crippen LogP contribution in [0.25, 0.3) is 0 Å². The van der Waals surface area contributed by atoms with E-state index in [-0.39, 0.29) is 0 Å².